The molecule has 0 radical (unpaired) electrons. The molecule has 5 N–H and O–H groups in total. The van der Waals surface area contributed by atoms with Gasteiger partial charge in [0.25, 0.3) is 0 Å². The summed E-state index contributed by atoms with van der Waals surface area (Å²) < 4.78 is 82.7. The average Bonchev–Trinajstić information content (AvgIpc) is 1.62. The van der Waals surface area contributed by atoms with Gasteiger partial charge in [-0.1, -0.05) is 46.7 Å². The van der Waals surface area contributed by atoms with Crippen molar-refractivity contribution >= 4 is 73.2 Å². The average molecular weight is 1340 g/mol. The molecule has 0 unspecified atom stereocenters. The fourth-order valence-corrected chi connectivity index (χ4v) is 10.9. The molecule has 2 fully saturated rings. The minimum Gasteiger partial charge on any atom is -0.444 e. The number of alkyl carbamates (subject to hydrolysis) is 2. The fourth-order valence-electron chi connectivity index (χ4n) is 10.4. The Bertz CT molecular complexity index is 4500. The second kappa shape index (κ2) is 29.9. The summed E-state index contributed by atoms with van der Waals surface area (Å²) in [6.45, 7) is 22.5. The van der Waals surface area contributed by atoms with Crippen molar-refractivity contribution in [3.05, 3.63) is 144 Å². The molecule has 0 bridgehead atoms. The van der Waals surface area contributed by atoms with E-state index in [1.165, 1.54) is 6.20 Å². The molecule has 10 aromatic rings. The smallest absolute Gasteiger partial charge is 0.407 e. The second-order valence-corrected chi connectivity index (χ2v) is 26.6. The molecule has 2 aliphatic carbocycles. The van der Waals surface area contributed by atoms with Gasteiger partial charge >= 0.3 is 35.3 Å². The number of pyridine rings is 2. The number of benzene rings is 2. The van der Waals surface area contributed by atoms with Crippen molar-refractivity contribution in [2.45, 2.75) is 149 Å². The molecule has 494 valence electrons. The highest BCUT2D eigenvalue weighted by molar-refractivity contribution is 7.90. The minimum atomic E-state index is -3.56. The lowest BCUT2D eigenvalue weighted by Crippen LogP contribution is -2.55. The Kier molecular flexibility index (Phi) is 22.3. The number of aromatic nitrogens is 10. The van der Waals surface area contributed by atoms with E-state index in [2.05, 4.69) is 70.2 Å². The number of aryl methyl sites for hydroxylation is 6. The van der Waals surface area contributed by atoms with Gasteiger partial charge in [0.2, 0.25) is 20.9 Å². The normalized spacial score (nSPS) is 15.7. The van der Waals surface area contributed by atoms with Crippen molar-refractivity contribution in [2.75, 3.05) is 11.6 Å². The fraction of sp³-hybridized carbons (Fsp3) is 0.354. The van der Waals surface area contributed by atoms with E-state index in [0.717, 1.165) is 127 Å². The molecule has 0 aliphatic heterocycles. The molecule has 2 saturated carbocycles. The Labute approximate surface area is 550 Å². The number of para-hydroxylation sites is 2. The van der Waals surface area contributed by atoms with Crippen LogP contribution in [0.3, 0.4) is 0 Å². The van der Waals surface area contributed by atoms with Crippen LogP contribution in [0.2, 0.25) is 0 Å². The van der Waals surface area contributed by atoms with Crippen LogP contribution in [0.15, 0.2) is 124 Å². The number of hydrogen-bond donors (Lipinski definition) is 4. The highest BCUT2D eigenvalue weighted by Gasteiger charge is 2.35. The Balaban J connectivity index is 0.000000192. The Morgan fingerprint density at radius 2 is 0.989 bits per heavy atom. The molecule has 0 spiro atoms. The zero-order valence-electron chi connectivity index (χ0n) is 54.2. The van der Waals surface area contributed by atoms with Gasteiger partial charge in [0.05, 0.1) is 51.3 Å². The number of sulfone groups is 1. The standard InChI is InChI=1S/C32H35N7O3.C24H21N5O3S.C9H18N2O2.2O2S/c1-18-16-33-30(35-24-14-15-25(24)36-31(40)41-32(4,5)6)37-28(18)23-17-39(21-10-8-7-9-11-21)29-22(23)12-13-26(34-29)27-19(2)38-42-20(27)3;1-14-12-25-24(33(4,30)31)27-22(14)19-13-29(17-8-6-5-7-9-17)23-18(19)10-11-20(26-23)21-15(2)28-32-16(21)3;1-9(2,3)13-8(12)11-7-5-4-6(7)10;2*1-3-2/h7-13,16-17,24-25H,14-15H2,1-6H3,(H,36,40)(H,33,35,37);5-13H,1-4H3;6-7H,4-5,10H2,1-3H3,(H,11,12);;/t24-,25-;;6-,7-;;/m0.0../s1. The lowest BCUT2D eigenvalue weighted by molar-refractivity contribution is 0.0458. The third-order valence-corrected chi connectivity index (χ3v) is 15.9. The van der Waals surface area contributed by atoms with Gasteiger partial charge in [-0.25, -0.2) is 47.9 Å². The first-order chi connectivity index (χ1) is 44.5. The number of nitrogens with two attached hydrogens (primary N) is 1. The molecule has 94 heavy (non-hydrogen) atoms. The molecule has 2 aliphatic rings. The quantitative estimate of drug-likeness (QED) is 0.0874. The third kappa shape index (κ3) is 17.1. The minimum absolute atomic E-state index is 0.0120. The molecule has 0 saturated heterocycles. The Hall–Kier alpha value is -9.71. The summed E-state index contributed by atoms with van der Waals surface area (Å²) in [7, 11) is -3.56. The van der Waals surface area contributed by atoms with Crippen LogP contribution in [0.1, 0.15) is 101 Å². The number of carbonyl (C=O) groups is 2. The maximum Gasteiger partial charge on any atom is 0.407 e. The van der Waals surface area contributed by atoms with Gasteiger partial charge in [0, 0.05) is 82.4 Å². The van der Waals surface area contributed by atoms with E-state index in [1.54, 1.807) is 0 Å². The number of rotatable bonds is 11. The lowest BCUT2D eigenvalue weighted by Gasteiger charge is -2.37. The van der Waals surface area contributed by atoms with Crippen LogP contribution in [0.25, 0.3) is 78.5 Å². The molecule has 2 amide bonds. The zero-order valence-corrected chi connectivity index (χ0v) is 56.7. The molecular formula is C65H74N14O12S3. The van der Waals surface area contributed by atoms with Crippen molar-refractivity contribution in [3.63, 3.8) is 0 Å². The van der Waals surface area contributed by atoms with Crippen LogP contribution in [-0.2, 0) is 42.5 Å². The van der Waals surface area contributed by atoms with Crippen molar-refractivity contribution < 1.29 is 53.4 Å². The van der Waals surface area contributed by atoms with E-state index in [0.29, 0.717) is 23.0 Å². The summed E-state index contributed by atoms with van der Waals surface area (Å²) in [4.78, 5) is 51.5. The van der Waals surface area contributed by atoms with Crippen LogP contribution >= 0.6 is 0 Å². The van der Waals surface area contributed by atoms with Crippen LogP contribution in [0, 0.1) is 41.5 Å². The van der Waals surface area contributed by atoms with Crippen molar-refractivity contribution in [3.8, 4) is 56.4 Å². The van der Waals surface area contributed by atoms with Crippen LogP contribution < -0.4 is 21.7 Å². The summed E-state index contributed by atoms with van der Waals surface area (Å²) in [6, 6.07) is 28.1. The monoisotopic (exact) mass is 1340 g/mol. The van der Waals surface area contributed by atoms with E-state index in [1.807, 2.05) is 167 Å². The summed E-state index contributed by atoms with van der Waals surface area (Å²) >= 11 is -1.50. The molecule has 8 aromatic heterocycles. The summed E-state index contributed by atoms with van der Waals surface area (Å²) in [5, 5.41) is 18.9. The second-order valence-electron chi connectivity index (χ2n) is 24.4. The van der Waals surface area contributed by atoms with Gasteiger partial charge in [-0.3, -0.25) is 0 Å². The molecular weight excluding hydrogens is 1270 g/mol. The van der Waals surface area contributed by atoms with Crippen molar-refractivity contribution in [1.29, 1.82) is 0 Å². The number of fused-ring (bicyclic) bond motifs is 2. The van der Waals surface area contributed by atoms with E-state index in [-0.39, 0.29) is 35.4 Å². The first-order valence-electron chi connectivity index (χ1n) is 29.8. The number of hydrogen-bond acceptors (Lipinski definition) is 22. The maximum atomic E-state index is 12.3. The zero-order chi connectivity index (χ0) is 68.4. The maximum absolute atomic E-state index is 12.3. The Morgan fingerprint density at radius 3 is 1.36 bits per heavy atom. The lowest BCUT2D eigenvalue weighted by atomic mass is 9.86. The van der Waals surface area contributed by atoms with E-state index < -0.39 is 50.3 Å². The van der Waals surface area contributed by atoms with Crippen molar-refractivity contribution in [2.24, 2.45) is 5.73 Å². The highest BCUT2D eigenvalue weighted by Crippen LogP contribution is 2.38. The third-order valence-electron chi connectivity index (χ3n) is 15.0. The topological polar surface area (TPSA) is 356 Å². The van der Waals surface area contributed by atoms with Gasteiger partial charge in [-0.15, -0.1) is 0 Å². The number of ether oxygens (including phenoxy) is 2. The van der Waals surface area contributed by atoms with E-state index in [9.17, 15) is 18.0 Å². The predicted molar refractivity (Wildman–Crippen MR) is 355 cm³/mol. The summed E-state index contributed by atoms with van der Waals surface area (Å²) in [5.74, 6) is 1.94. The molecule has 4 atom stereocenters. The molecule has 8 heterocycles. The highest BCUT2D eigenvalue weighted by atomic mass is 32.2. The van der Waals surface area contributed by atoms with Crippen LogP contribution in [0.5, 0.6) is 0 Å². The first-order valence-corrected chi connectivity index (χ1v) is 33.0. The van der Waals surface area contributed by atoms with Crippen LogP contribution in [-0.4, -0.2) is 128 Å². The molecule has 26 nitrogen and oxygen atoms in total. The van der Waals surface area contributed by atoms with Gasteiger partial charge in [-0.05, 0) is 168 Å². The molecule has 2 aromatic carbocycles. The van der Waals surface area contributed by atoms with Gasteiger partial charge in [-0.2, -0.15) is 16.8 Å². The van der Waals surface area contributed by atoms with Gasteiger partial charge in [0.1, 0.15) is 34.0 Å². The van der Waals surface area contributed by atoms with E-state index in [4.69, 9.17) is 56.0 Å². The SMILES string of the molecule is CC(C)(C)OC(=O)N[C@H]1CC[C@@H]1N.Cc1cnc(N[C@H]2CC[C@@H]2NC(=O)OC(C)(C)C)nc1-c1cn(-c2ccccc2)c2nc(-c3c(C)noc3C)ccc12.Cc1cnc(S(C)(=O)=O)nc1-c1cn(-c2ccccc2)c2nc(-c3c(C)noc3C)ccc12.O=S=O.O=S=O. The summed E-state index contributed by atoms with van der Waals surface area (Å²) in [5.41, 5.74) is 17.8. The number of nitrogens with one attached hydrogen (secondary N) is 3. The Morgan fingerprint density at radius 1 is 0.574 bits per heavy atom. The number of amides is 2. The largest absolute Gasteiger partial charge is 0.444 e. The number of nitrogens with zero attached hydrogens (tertiary/aromatic N) is 10. The first kappa shape index (κ1) is 70.2. The summed E-state index contributed by atoms with van der Waals surface area (Å²) in [6.07, 6.45) is 11.4. The van der Waals surface area contributed by atoms with E-state index >= 15 is 0 Å². The van der Waals surface area contributed by atoms with Gasteiger partial charge < -0.3 is 49.3 Å². The molecule has 29 heteroatoms. The van der Waals surface area contributed by atoms with Gasteiger partial charge in [0.15, 0.2) is 0 Å². The van der Waals surface area contributed by atoms with Crippen LogP contribution in [0.4, 0.5) is 15.5 Å². The molecule has 12 rings (SSSR count). The predicted octanol–water partition coefficient (Wildman–Crippen LogP) is 10.7. The number of anilines is 1. The number of carbonyl (C=O) groups excluding carboxylic acids is 2. The van der Waals surface area contributed by atoms with Crippen molar-refractivity contribution in [1.82, 2.24) is 60.0 Å².